The van der Waals surface area contributed by atoms with Crippen molar-refractivity contribution >= 4 is 28.3 Å². The zero-order valence-electron chi connectivity index (χ0n) is 10.6. The van der Waals surface area contributed by atoms with Gasteiger partial charge in [0.2, 0.25) is 5.13 Å². The molecule has 1 aromatic heterocycles. The Bertz CT molecular complexity index is 341. The van der Waals surface area contributed by atoms with Gasteiger partial charge >= 0.3 is 0 Å². The van der Waals surface area contributed by atoms with Gasteiger partial charge in [-0.05, 0) is 5.41 Å². The standard InChI is InChI=1S/C11H20ClN3S/c1-10(2,3)8-14-9(16-15-8)13-7-11(4,5)6-12/h6-7H2,1-5H3,(H,13,14,15). The maximum absolute atomic E-state index is 5.86. The van der Waals surface area contributed by atoms with Gasteiger partial charge in [0.1, 0.15) is 5.82 Å². The van der Waals surface area contributed by atoms with Crippen molar-refractivity contribution in [2.75, 3.05) is 17.7 Å². The molecule has 0 aliphatic rings. The first-order chi connectivity index (χ1) is 7.24. The molecule has 3 nitrogen and oxygen atoms in total. The van der Waals surface area contributed by atoms with Crippen molar-refractivity contribution in [1.82, 2.24) is 9.36 Å². The fourth-order valence-electron chi connectivity index (χ4n) is 0.962. The smallest absolute Gasteiger partial charge is 0.202 e. The number of halogens is 1. The SMILES string of the molecule is CC(C)(CCl)CNc1nc(C(C)(C)C)ns1. The molecule has 0 saturated carbocycles. The number of hydrogen-bond acceptors (Lipinski definition) is 4. The third-order valence-electron chi connectivity index (χ3n) is 2.18. The molecule has 1 heterocycles. The number of nitrogens with zero attached hydrogens (tertiary/aromatic N) is 2. The molecule has 1 N–H and O–H groups in total. The average molecular weight is 262 g/mol. The molecule has 0 aliphatic carbocycles. The van der Waals surface area contributed by atoms with Gasteiger partial charge in [0.05, 0.1) is 0 Å². The van der Waals surface area contributed by atoms with Crippen LogP contribution in [-0.2, 0) is 5.41 Å². The minimum atomic E-state index is 0.0123. The summed E-state index contributed by atoms with van der Waals surface area (Å²) in [4.78, 5) is 4.47. The van der Waals surface area contributed by atoms with E-state index in [4.69, 9.17) is 11.6 Å². The Morgan fingerprint density at radius 1 is 1.25 bits per heavy atom. The van der Waals surface area contributed by atoms with E-state index in [1.54, 1.807) is 0 Å². The Labute approximate surface area is 107 Å². The molecule has 5 heteroatoms. The highest BCUT2D eigenvalue weighted by atomic mass is 35.5. The maximum Gasteiger partial charge on any atom is 0.202 e. The first kappa shape index (κ1) is 13.7. The van der Waals surface area contributed by atoms with Crippen LogP contribution in [0.1, 0.15) is 40.4 Å². The summed E-state index contributed by atoms with van der Waals surface area (Å²) in [6.07, 6.45) is 0. The molecule has 16 heavy (non-hydrogen) atoms. The molecule has 0 amide bonds. The quantitative estimate of drug-likeness (QED) is 0.843. The first-order valence-electron chi connectivity index (χ1n) is 5.39. The second-order valence-electron chi connectivity index (χ2n) is 5.82. The van der Waals surface area contributed by atoms with Crippen molar-refractivity contribution in [2.24, 2.45) is 5.41 Å². The Morgan fingerprint density at radius 3 is 2.31 bits per heavy atom. The normalized spacial score (nSPS) is 12.9. The van der Waals surface area contributed by atoms with Crippen LogP contribution in [0.2, 0.25) is 0 Å². The molecule has 0 atom stereocenters. The Kier molecular flexibility index (Phi) is 4.18. The summed E-state index contributed by atoms with van der Waals surface area (Å²) in [5.74, 6) is 1.52. The van der Waals surface area contributed by atoms with Gasteiger partial charge in [0, 0.05) is 29.4 Å². The van der Waals surface area contributed by atoms with Gasteiger partial charge in [-0.3, -0.25) is 0 Å². The molecule has 0 aromatic carbocycles. The second-order valence-corrected chi connectivity index (χ2v) is 6.84. The lowest BCUT2D eigenvalue weighted by Gasteiger charge is -2.21. The Hall–Kier alpha value is -0.350. The molecule has 1 aromatic rings. The molecular weight excluding hydrogens is 242 g/mol. The van der Waals surface area contributed by atoms with Crippen LogP contribution in [0, 0.1) is 5.41 Å². The largest absolute Gasteiger partial charge is 0.360 e. The van der Waals surface area contributed by atoms with E-state index in [0.717, 1.165) is 17.5 Å². The molecule has 0 fully saturated rings. The van der Waals surface area contributed by atoms with Crippen LogP contribution in [0.4, 0.5) is 5.13 Å². The van der Waals surface area contributed by atoms with Crippen LogP contribution >= 0.6 is 23.1 Å². The van der Waals surface area contributed by atoms with Crippen LogP contribution < -0.4 is 5.32 Å². The monoisotopic (exact) mass is 261 g/mol. The molecule has 0 bridgehead atoms. The number of alkyl halides is 1. The Morgan fingerprint density at radius 2 is 1.88 bits per heavy atom. The number of nitrogens with one attached hydrogen (secondary N) is 1. The summed E-state index contributed by atoms with van der Waals surface area (Å²) < 4.78 is 4.35. The maximum atomic E-state index is 5.86. The summed E-state index contributed by atoms with van der Waals surface area (Å²) in [5, 5.41) is 4.17. The molecule has 0 spiro atoms. The predicted octanol–water partition coefficient (Wildman–Crippen LogP) is 3.51. The van der Waals surface area contributed by atoms with Crippen molar-refractivity contribution in [3.05, 3.63) is 5.82 Å². The molecule has 0 aliphatic heterocycles. The first-order valence-corrected chi connectivity index (χ1v) is 6.69. The number of aromatic nitrogens is 2. The van der Waals surface area contributed by atoms with Gasteiger partial charge < -0.3 is 5.32 Å². The molecular formula is C11H20ClN3S. The molecule has 0 saturated heterocycles. The lowest BCUT2D eigenvalue weighted by atomic mass is 9.96. The second kappa shape index (κ2) is 4.88. The minimum Gasteiger partial charge on any atom is -0.360 e. The van der Waals surface area contributed by atoms with E-state index in [1.807, 2.05) is 0 Å². The predicted molar refractivity (Wildman–Crippen MR) is 71.6 cm³/mol. The highest BCUT2D eigenvalue weighted by Gasteiger charge is 2.21. The van der Waals surface area contributed by atoms with E-state index in [1.165, 1.54) is 11.5 Å². The van der Waals surface area contributed by atoms with Crippen LogP contribution in [0.5, 0.6) is 0 Å². The summed E-state index contributed by atoms with van der Waals surface area (Å²) in [6, 6.07) is 0. The van der Waals surface area contributed by atoms with Crippen LogP contribution in [0.15, 0.2) is 0 Å². The summed E-state index contributed by atoms with van der Waals surface area (Å²) in [6.45, 7) is 11.4. The fourth-order valence-corrected chi connectivity index (χ4v) is 1.81. The molecule has 92 valence electrons. The van der Waals surface area contributed by atoms with Crippen molar-refractivity contribution < 1.29 is 0 Å². The lowest BCUT2D eigenvalue weighted by Crippen LogP contribution is -2.24. The van der Waals surface area contributed by atoms with Gasteiger partial charge in [-0.2, -0.15) is 4.37 Å². The zero-order chi connectivity index (χ0) is 12.4. The van der Waals surface area contributed by atoms with Gasteiger partial charge in [0.15, 0.2) is 0 Å². The van der Waals surface area contributed by atoms with E-state index >= 15 is 0 Å². The lowest BCUT2D eigenvalue weighted by molar-refractivity contribution is 0.450. The van der Waals surface area contributed by atoms with Gasteiger partial charge in [-0.15, -0.1) is 11.6 Å². The van der Waals surface area contributed by atoms with Gasteiger partial charge in [-0.25, -0.2) is 4.98 Å². The molecule has 1 rings (SSSR count). The van der Waals surface area contributed by atoms with E-state index < -0.39 is 0 Å². The summed E-state index contributed by atoms with van der Waals surface area (Å²) in [7, 11) is 0. The van der Waals surface area contributed by atoms with Gasteiger partial charge in [-0.1, -0.05) is 34.6 Å². The van der Waals surface area contributed by atoms with Crippen LogP contribution in [-0.4, -0.2) is 21.8 Å². The van der Waals surface area contributed by atoms with E-state index in [0.29, 0.717) is 5.88 Å². The fraction of sp³-hybridized carbons (Fsp3) is 0.818. The molecule has 0 unspecified atom stereocenters. The van der Waals surface area contributed by atoms with Gasteiger partial charge in [0.25, 0.3) is 0 Å². The molecule has 0 radical (unpaired) electrons. The third kappa shape index (κ3) is 3.91. The Balaban J connectivity index is 2.60. The van der Waals surface area contributed by atoms with Crippen molar-refractivity contribution in [2.45, 2.75) is 40.0 Å². The number of hydrogen-bond donors (Lipinski definition) is 1. The highest BCUT2D eigenvalue weighted by molar-refractivity contribution is 7.09. The third-order valence-corrected chi connectivity index (χ3v) is 3.57. The average Bonchev–Trinajstić information content (AvgIpc) is 2.63. The van der Waals surface area contributed by atoms with Crippen molar-refractivity contribution in [1.29, 1.82) is 0 Å². The van der Waals surface area contributed by atoms with Crippen molar-refractivity contribution in [3.63, 3.8) is 0 Å². The minimum absolute atomic E-state index is 0.0123. The zero-order valence-corrected chi connectivity index (χ0v) is 12.2. The number of rotatable bonds is 4. The van der Waals surface area contributed by atoms with Crippen molar-refractivity contribution in [3.8, 4) is 0 Å². The summed E-state index contributed by atoms with van der Waals surface area (Å²) >= 11 is 7.28. The van der Waals surface area contributed by atoms with Crippen LogP contribution in [0.3, 0.4) is 0 Å². The van der Waals surface area contributed by atoms with E-state index in [-0.39, 0.29) is 10.8 Å². The van der Waals surface area contributed by atoms with E-state index in [2.05, 4.69) is 49.3 Å². The van der Waals surface area contributed by atoms with Crippen LogP contribution in [0.25, 0.3) is 0 Å². The van der Waals surface area contributed by atoms with E-state index in [9.17, 15) is 0 Å². The highest BCUT2D eigenvalue weighted by Crippen LogP contribution is 2.24. The number of anilines is 1. The summed E-state index contributed by atoms with van der Waals surface area (Å²) in [5.41, 5.74) is 0.0908. The topological polar surface area (TPSA) is 37.8 Å².